The molecule has 0 radical (unpaired) electrons. The summed E-state index contributed by atoms with van der Waals surface area (Å²) in [5.41, 5.74) is 5.67. The molecule has 6 nitrogen and oxygen atoms in total. The third kappa shape index (κ3) is 2.56. The fourth-order valence-electron chi connectivity index (χ4n) is 1.73. The van der Waals surface area contributed by atoms with Crippen molar-refractivity contribution in [2.24, 2.45) is 12.8 Å². The fourth-order valence-corrected chi connectivity index (χ4v) is 2.82. The van der Waals surface area contributed by atoms with Gasteiger partial charge in [-0.05, 0) is 13.8 Å². The minimum atomic E-state index is 0.308. The predicted octanol–water partition coefficient (Wildman–Crippen LogP) is 1.34. The molecule has 2 N–H and O–H groups in total. The first kappa shape index (κ1) is 13.1. The molecule has 0 aliphatic heterocycles. The van der Waals surface area contributed by atoms with Crippen LogP contribution in [0.3, 0.4) is 0 Å². The summed E-state index contributed by atoms with van der Waals surface area (Å²) in [5.74, 6) is 2.62. The average Bonchev–Trinajstić information content (AvgIpc) is 2.92. The van der Waals surface area contributed by atoms with Crippen LogP contribution in [0.4, 0.5) is 0 Å². The van der Waals surface area contributed by atoms with Crippen LogP contribution in [0.15, 0.2) is 17.6 Å². The molecule has 0 aromatic carbocycles. The smallest absolute Gasteiger partial charge is 0.191 e. The molecule has 0 spiro atoms. The molecule has 98 valence electrons. The molecule has 0 atom stereocenters. The lowest BCUT2D eigenvalue weighted by molar-refractivity contribution is 0.526. The van der Waals surface area contributed by atoms with E-state index in [0.29, 0.717) is 12.6 Å². The second kappa shape index (κ2) is 5.53. The van der Waals surface area contributed by atoms with E-state index in [4.69, 9.17) is 5.73 Å². The summed E-state index contributed by atoms with van der Waals surface area (Å²) in [5, 5.41) is 9.21. The lowest BCUT2D eigenvalue weighted by atomic mass is 10.4. The summed E-state index contributed by atoms with van der Waals surface area (Å²) < 4.78 is 4.08. The Hall–Kier alpha value is -1.34. The van der Waals surface area contributed by atoms with Crippen molar-refractivity contribution >= 4 is 11.8 Å². The van der Waals surface area contributed by atoms with Gasteiger partial charge in [-0.3, -0.25) is 0 Å². The predicted molar refractivity (Wildman–Crippen MR) is 71.1 cm³/mol. The number of nitrogens with zero attached hydrogens (tertiary/aromatic N) is 5. The monoisotopic (exact) mass is 266 g/mol. The Morgan fingerprint density at radius 1 is 1.33 bits per heavy atom. The summed E-state index contributed by atoms with van der Waals surface area (Å²) in [6, 6.07) is 0.308. The summed E-state index contributed by atoms with van der Waals surface area (Å²) in [6.07, 6.45) is 3.74. The molecule has 0 unspecified atom stereocenters. The Bertz CT molecular complexity index is 515. The van der Waals surface area contributed by atoms with E-state index in [1.165, 1.54) is 0 Å². The average molecular weight is 266 g/mol. The standard InChI is InChI=1S/C11H18N6S/c1-8(2)17-9(6-12)14-15-11(17)18-7-10-13-4-5-16(10)3/h4-5,8H,6-7,12H2,1-3H3. The third-order valence-corrected chi connectivity index (χ3v) is 3.62. The Kier molecular flexibility index (Phi) is 4.03. The number of hydrogen-bond acceptors (Lipinski definition) is 5. The number of aromatic nitrogens is 5. The normalized spacial score (nSPS) is 11.4. The summed E-state index contributed by atoms with van der Waals surface area (Å²) in [4.78, 5) is 4.29. The Labute approximate surface area is 111 Å². The van der Waals surface area contributed by atoms with Gasteiger partial charge in [-0.15, -0.1) is 10.2 Å². The Morgan fingerprint density at radius 3 is 2.67 bits per heavy atom. The van der Waals surface area contributed by atoms with E-state index in [2.05, 4.69) is 33.6 Å². The summed E-state index contributed by atoms with van der Waals surface area (Å²) in [7, 11) is 1.99. The van der Waals surface area contributed by atoms with Crippen LogP contribution in [0, 0.1) is 0 Å². The highest BCUT2D eigenvalue weighted by atomic mass is 32.2. The first-order valence-electron chi connectivity index (χ1n) is 5.86. The van der Waals surface area contributed by atoms with Crippen LogP contribution < -0.4 is 5.73 Å². The molecule has 2 rings (SSSR count). The zero-order chi connectivity index (χ0) is 13.1. The van der Waals surface area contributed by atoms with Crippen molar-refractivity contribution < 1.29 is 0 Å². The van der Waals surface area contributed by atoms with Gasteiger partial charge in [0.1, 0.15) is 11.6 Å². The highest BCUT2D eigenvalue weighted by Gasteiger charge is 2.14. The SMILES string of the molecule is CC(C)n1c(CN)nnc1SCc1nccn1C. The van der Waals surface area contributed by atoms with Crippen LogP contribution in [0.5, 0.6) is 0 Å². The molecule has 2 aromatic rings. The summed E-state index contributed by atoms with van der Waals surface area (Å²) in [6.45, 7) is 4.62. The van der Waals surface area contributed by atoms with Gasteiger partial charge in [0.15, 0.2) is 5.16 Å². The number of nitrogens with two attached hydrogens (primary N) is 1. The van der Waals surface area contributed by atoms with Crippen molar-refractivity contribution in [2.45, 2.75) is 37.3 Å². The molecule has 0 saturated heterocycles. The molecule has 7 heteroatoms. The molecule has 0 aliphatic carbocycles. The van der Waals surface area contributed by atoms with Crippen LogP contribution in [0.25, 0.3) is 0 Å². The first-order valence-corrected chi connectivity index (χ1v) is 6.85. The number of thioether (sulfide) groups is 1. The lowest BCUT2D eigenvalue weighted by Crippen LogP contribution is -2.11. The highest BCUT2D eigenvalue weighted by Crippen LogP contribution is 2.24. The van der Waals surface area contributed by atoms with Crippen molar-refractivity contribution in [3.05, 3.63) is 24.0 Å². The molecule has 0 bridgehead atoms. The molecule has 2 heterocycles. The molecular weight excluding hydrogens is 248 g/mol. The second-order valence-electron chi connectivity index (χ2n) is 4.31. The van der Waals surface area contributed by atoms with E-state index < -0.39 is 0 Å². The van der Waals surface area contributed by atoms with E-state index in [9.17, 15) is 0 Å². The third-order valence-electron chi connectivity index (χ3n) is 2.69. The first-order chi connectivity index (χ1) is 8.63. The van der Waals surface area contributed by atoms with Crippen molar-refractivity contribution in [2.75, 3.05) is 0 Å². The minimum absolute atomic E-state index is 0.308. The molecule has 0 saturated carbocycles. The number of aryl methyl sites for hydroxylation is 1. The molecule has 0 fully saturated rings. The van der Waals surface area contributed by atoms with Crippen LogP contribution in [-0.2, 0) is 19.3 Å². The largest absolute Gasteiger partial charge is 0.337 e. The Morgan fingerprint density at radius 2 is 2.11 bits per heavy atom. The molecule has 18 heavy (non-hydrogen) atoms. The number of rotatable bonds is 5. The van der Waals surface area contributed by atoms with Gasteiger partial charge in [0, 0.05) is 25.5 Å². The van der Waals surface area contributed by atoms with Crippen molar-refractivity contribution in [3.8, 4) is 0 Å². The van der Waals surface area contributed by atoms with Gasteiger partial charge in [-0.1, -0.05) is 11.8 Å². The van der Waals surface area contributed by atoms with Crippen LogP contribution >= 0.6 is 11.8 Å². The minimum Gasteiger partial charge on any atom is -0.337 e. The molecule has 0 amide bonds. The van der Waals surface area contributed by atoms with E-state index in [1.54, 1.807) is 18.0 Å². The lowest BCUT2D eigenvalue weighted by Gasteiger charge is -2.12. The van der Waals surface area contributed by atoms with Gasteiger partial charge in [0.25, 0.3) is 0 Å². The zero-order valence-corrected chi connectivity index (χ0v) is 11.7. The van der Waals surface area contributed by atoms with Crippen LogP contribution in [-0.4, -0.2) is 24.3 Å². The highest BCUT2D eigenvalue weighted by molar-refractivity contribution is 7.98. The molecular formula is C11H18N6S. The van der Waals surface area contributed by atoms with E-state index in [1.807, 2.05) is 17.8 Å². The van der Waals surface area contributed by atoms with E-state index >= 15 is 0 Å². The van der Waals surface area contributed by atoms with Gasteiger partial charge in [0.2, 0.25) is 0 Å². The summed E-state index contributed by atoms with van der Waals surface area (Å²) >= 11 is 1.63. The fraction of sp³-hybridized carbons (Fsp3) is 0.545. The zero-order valence-electron chi connectivity index (χ0n) is 10.9. The van der Waals surface area contributed by atoms with Crippen molar-refractivity contribution in [1.29, 1.82) is 0 Å². The van der Waals surface area contributed by atoms with E-state index in [0.717, 1.165) is 22.6 Å². The van der Waals surface area contributed by atoms with Crippen molar-refractivity contribution in [1.82, 2.24) is 24.3 Å². The van der Waals surface area contributed by atoms with Crippen LogP contribution in [0.2, 0.25) is 0 Å². The topological polar surface area (TPSA) is 74.6 Å². The maximum atomic E-state index is 5.67. The molecule has 2 aromatic heterocycles. The van der Waals surface area contributed by atoms with Crippen molar-refractivity contribution in [3.63, 3.8) is 0 Å². The second-order valence-corrected chi connectivity index (χ2v) is 5.25. The van der Waals surface area contributed by atoms with Gasteiger partial charge < -0.3 is 14.9 Å². The van der Waals surface area contributed by atoms with Gasteiger partial charge >= 0.3 is 0 Å². The maximum absolute atomic E-state index is 5.67. The number of hydrogen-bond donors (Lipinski definition) is 1. The van der Waals surface area contributed by atoms with Gasteiger partial charge in [-0.25, -0.2) is 4.98 Å². The quantitative estimate of drug-likeness (QED) is 0.827. The van der Waals surface area contributed by atoms with Crippen LogP contribution in [0.1, 0.15) is 31.5 Å². The molecule has 0 aliphatic rings. The maximum Gasteiger partial charge on any atom is 0.191 e. The van der Waals surface area contributed by atoms with E-state index in [-0.39, 0.29) is 0 Å². The van der Waals surface area contributed by atoms with Gasteiger partial charge in [-0.2, -0.15) is 0 Å². The number of imidazole rings is 1. The Balaban J connectivity index is 2.14. The van der Waals surface area contributed by atoms with Gasteiger partial charge in [0.05, 0.1) is 12.3 Å².